The third-order valence-corrected chi connectivity index (χ3v) is 2.27. The number of furan rings is 1. The summed E-state index contributed by atoms with van der Waals surface area (Å²) in [4.78, 5) is 22.1. The number of hydrogen-bond acceptors (Lipinski definition) is 4. The summed E-state index contributed by atoms with van der Waals surface area (Å²) in [7, 11) is 1.77. The van der Waals surface area contributed by atoms with Crippen molar-refractivity contribution in [3.63, 3.8) is 0 Å². The number of carboxylic acid groups (broad SMARTS) is 1. The molecule has 0 bridgehead atoms. The summed E-state index contributed by atoms with van der Waals surface area (Å²) in [5.41, 5.74) is 0. The molecule has 1 atom stereocenters. The van der Waals surface area contributed by atoms with Gasteiger partial charge < -0.3 is 20.2 Å². The SMILES string of the molecule is CNCC(C)C(=O)NCc1ccc(C(=O)O)o1. The molecule has 0 saturated heterocycles. The summed E-state index contributed by atoms with van der Waals surface area (Å²) in [6.45, 7) is 2.58. The first kappa shape index (κ1) is 13.2. The summed E-state index contributed by atoms with van der Waals surface area (Å²) >= 11 is 0. The van der Waals surface area contributed by atoms with Crippen LogP contribution in [0.25, 0.3) is 0 Å². The number of aromatic carboxylic acids is 1. The van der Waals surface area contributed by atoms with Crippen LogP contribution in [0, 0.1) is 5.92 Å². The third kappa shape index (κ3) is 3.92. The molecular formula is C11H16N2O4. The normalized spacial score (nSPS) is 12.1. The summed E-state index contributed by atoms with van der Waals surface area (Å²) in [6, 6.07) is 2.90. The highest BCUT2D eigenvalue weighted by Gasteiger charge is 2.13. The van der Waals surface area contributed by atoms with Gasteiger partial charge in [0, 0.05) is 12.5 Å². The van der Waals surface area contributed by atoms with E-state index < -0.39 is 5.97 Å². The van der Waals surface area contributed by atoms with E-state index in [1.54, 1.807) is 14.0 Å². The van der Waals surface area contributed by atoms with Crippen molar-refractivity contribution in [3.05, 3.63) is 23.7 Å². The number of amides is 1. The number of carboxylic acids is 1. The van der Waals surface area contributed by atoms with Crippen molar-refractivity contribution in [1.82, 2.24) is 10.6 Å². The van der Waals surface area contributed by atoms with Crippen molar-refractivity contribution in [1.29, 1.82) is 0 Å². The zero-order valence-corrected chi connectivity index (χ0v) is 9.82. The fourth-order valence-electron chi connectivity index (χ4n) is 1.34. The van der Waals surface area contributed by atoms with Crippen molar-refractivity contribution >= 4 is 11.9 Å². The average molecular weight is 240 g/mol. The molecule has 0 spiro atoms. The van der Waals surface area contributed by atoms with Gasteiger partial charge in [0.05, 0.1) is 6.54 Å². The Morgan fingerprint density at radius 3 is 2.71 bits per heavy atom. The smallest absolute Gasteiger partial charge is 0.371 e. The molecule has 0 aromatic carbocycles. The Kier molecular flexibility index (Phi) is 4.71. The van der Waals surface area contributed by atoms with E-state index in [0.29, 0.717) is 12.3 Å². The van der Waals surface area contributed by atoms with Gasteiger partial charge >= 0.3 is 5.97 Å². The van der Waals surface area contributed by atoms with Crippen LogP contribution in [-0.4, -0.2) is 30.6 Å². The summed E-state index contributed by atoms with van der Waals surface area (Å²) in [6.07, 6.45) is 0. The lowest BCUT2D eigenvalue weighted by molar-refractivity contribution is -0.124. The monoisotopic (exact) mass is 240 g/mol. The molecule has 17 heavy (non-hydrogen) atoms. The molecule has 0 fully saturated rings. The third-order valence-electron chi connectivity index (χ3n) is 2.27. The van der Waals surface area contributed by atoms with E-state index >= 15 is 0 Å². The lowest BCUT2D eigenvalue weighted by Gasteiger charge is -2.10. The van der Waals surface area contributed by atoms with Gasteiger partial charge in [-0.15, -0.1) is 0 Å². The minimum absolute atomic E-state index is 0.104. The summed E-state index contributed by atoms with van der Waals surface area (Å²) < 4.78 is 5.01. The molecule has 0 saturated carbocycles. The average Bonchev–Trinajstić information content (AvgIpc) is 2.75. The molecule has 1 aromatic rings. The molecule has 6 heteroatoms. The maximum absolute atomic E-state index is 11.5. The predicted octanol–water partition coefficient (Wildman–Crippen LogP) is 0.450. The van der Waals surface area contributed by atoms with Gasteiger partial charge in [0.2, 0.25) is 11.7 Å². The van der Waals surface area contributed by atoms with Gasteiger partial charge in [-0.05, 0) is 19.2 Å². The number of carbonyl (C=O) groups is 2. The first-order valence-electron chi connectivity index (χ1n) is 5.29. The second-order valence-corrected chi connectivity index (χ2v) is 3.75. The Balaban J connectivity index is 2.44. The second kappa shape index (κ2) is 6.05. The van der Waals surface area contributed by atoms with Crippen LogP contribution in [0.5, 0.6) is 0 Å². The zero-order chi connectivity index (χ0) is 12.8. The molecule has 1 aromatic heterocycles. The molecule has 0 radical (unpaired) electrons. The zero-order valence-electron chi connectivity index (χ0n) is 9.82. The van der Waals surface area contributed by atoms with E-state index in [1.165, 1.54) is 12.1 Å². The van der Waals surface area contributed by atoms with E-state index in [4.69, 9.17) is 9.52 Å². The van der Waals surface area contributed by atoms with Crippen molar-refractivity contribution in [3.8, 4) is 0 Å². The Morgan fingerprint density at radius 1 is 1.47 bits per heavy atom. The van der Waals surface area contributed by atoms with Crippen molar-refractivity contribution < 1.29 is 19.1 Å². The fourth-order valence-corrected chi connectivity index (χ4v) is 1.34. The number of nitrogens with one attached hydrogen (secondary N) is 2. The summed E-state index contributed by atoms with van der Waals surface area (Å²) in [5.74, 6) is -1.07. The van der Waals surface area contributed by atoms with E-state index in [-0.39, 0.29) is 24.1 Å². The number of rotatable bonds is 6. The van der Waals surface area contributed by atoms with Crippen LogP contribution in [0.15, 0.2) is 16.5 Å². The standard InChI is InChI=1S/C11H16N2O4/c1-7(5-12-2)10(14)13-6-8-3-4-9(17-8)11(15)16/h3-4,7,12H,5-6H2,1-2H3,(H,13,14)(H,15,16). The fraction of sp³-hybridized carbons (Fsp3) is 0.455. The van der Waals surface area contributed by atoms with Gasteiger partial charge in [0.1, 0.15) is 5.76 Å². The van der Waals surface area contributed by atoms with E-state index in [9.17, 15) is 9.59 Å². The molecule has 94 valence electrons. The van der Waals surface area contributed by atoms with Gasteiger partial charge in [0.25, 0.3) is 0 Å². The lowest BCUT2D eigenvalue weighted by Crippen LogP contribution is -2.33. The maximum Gasteiger partial charge on any atom is 0.371 e. The molecule has 0 aliphatic rings. The predicted molar refractivity (Wildman–Crippen MR) is 60.6 cm³/mol. The molecule has 6 nitrogen and oxygen atoms in total. The van der Waals surface area contributed by atoms with Gasteiger partial charge in [-0.2, -0.15) is 0 Å². The van der Waals surface area contributed by atoms with Crippen LogP contribution in [-0.2, 0) is 11.3 Å². The highest BCUT2D eigenvalue weighted by atomic mass is 16.4. The van der Waals surface area contributed by atoms with Crippen molar-refractivity contribution in [2.24, 2.45) is 5.92 Å². The van der Waals surface area contributed by atoms with Crippen LogP contribution in [0.4, 0.5) is 0 Å². The van der Waals surface area contributed by atoms with Crippen molar-refractivity contribution in [2.45, 2.75) is 13.5 Å². The second-order valence-electron chi connectivity index (χ2n) is 3.75. The first-order valence-corrected chi connectivity index (χ1v) is 5.29. The molecule has 3 N–H and O–H groups in total. The highest BCUT2D eigenvalue weighted by molar-refractivity contribution is 5.84. The molecule has 1 heterocycles. The molecular weight excluding hydrogens is 224 g/mol. The minimum Gasteiger partial charge on any atom is -0.475 e. The Hall–Kier alpha value is -1.82. The van der Waals surface area contributed by atoms with Crippen LogP contribution < -0.4 is 10.6 Å². The van der Waals surface area contributed by atoms with Crippen LogP contribution in [0.2, 0.25) is 0 Å². The maximum atomic E-state index is 11.5. The van der Waals surface area contributed by atoms with Gasteiger partial charge in [-0.3, -0.25) is 4.79 Å². The molecule has 0 aliphatic heterocycles. The van der Waals surface area contributed by atoms with E-state index in [1.807, 2.05) is 0 Å². The minimum atomic E-state index is -1.12. The Bertz CT molecular complexity index is 400. The van der Waals surface area contributed by atoms with E-state index in [0.717, 1.165) is 0 Å². The highest BCUT2D eigenvalue weighted by Crippen LogP contribution is 2.07. The lowest BCUT2D eigenvalue weighted by atomic mass is 10.1. The topological polar surface area (TPSA) is 91.6 Å². The molecule has 1 rings (SSSR count). The quantitative estimate of drug-likeness (QED) is 0.671. The van der Waals surface area contributed by atoms with Crippen LogP contribution in [0.1, 0.15) is 23.2 Å². The largest absolute Gasteiger partial charge is 0.475 e. The van der Waals surface area contributed by atoms with Gasteiger partial charge in [-0.1, -0.05) is 6.92 Å². The van der Waals surface area contributed by atoms with Gasteiger partial charge in [0.15, 0.2) is 0 Å². The molecule has 0 aliphatic carbocycles. The molecule has 1 unspecified atom stereocenters. The van der Waals surface area contributed by atoms with Crippen LogP contribution >= 0.6 is 0 Å². The number of hydrogen-bond donors (Lipinski definition) is 3. The Morgan fingerprint density at radius 2 is 2.18 bits per heavy atom. The van der Waals surface area contributed by atoms with Crippen LogP contribution in [0.3, 0.4) is 0 Å². The summed E-state index contributed by atoms with van der Waals surface area (Å²) in [5, 5.41) is 14.2. The van der Waals surface area contributed by atoms with E-state index in [2.05, 4.69) is 10.6 Å². The Labute approximate surface area is 99.0 Å². The van der Waals surface area contributed by atoms with Crippen molar-refractivity contribution in [2.75, 3.05) is 13.6 Å². The number of carbonyl (C=O) groups excluding carboxylic acids is 1. The molecule has 1 amide bonds. The van der Waals surface area contributed by atoms with Gasteiger partial charge in [-0.25, -0.2) is 4.79 Å². The first-order chi connectivity index (χ1) is 8.04.